The van der Waals surface area contributed by atoms with E-state index < -0.39 is 41.2 Å². The van der Waals surface area contributed by atoms with Crippen LogP contribution in [0.2, 0.25) is 0 Å². The van der Waals surface area contributed by atoms with Gasteiger partial charge in [0.2, 0.25) is 0 Å². The number of benzene rings is 2. The van der Waals surface area contributed by atoms with Crippen LogP contribution in [-0.4, -0.2) is 44.5 Å². The van der Waals surface area contributed by atoms with E-state index in [0.717, 1.165) is 11.0 Å². The van der Waals surface area contributed by atoms with Crippen molar-refractivity contribution in [1.29, 1.82) is 0 Å². The minimum atomic E-state index is -0.943. The van der Waals surface area contributed by atoms with Gasteiger partial charge in [0.05, 0.1) is 17.1 Å². The van der Waals surface area contributed by atoms with E-state index in [-0.39, 0.29) is 23.7 Å². The molecule has 2 unspecified atom stereocenters. The quantitative estimate of drug-likeness (QED) is 0.612. The fourth-order valence-electron chi connectivity index (χ4n) is 4.44. The van der Waals surface area contributed by atoms with Gasteiger partial charge in [-0.15, -0.1) is 0 Å². The van der Waals surface area contributed by atoms with E-state index in [1.807, 2.05) is 0 Å². The maximum absolute atomic E-state index is 14.3. The number of urea groups is 1. The summed E-state index contributed by atoms with van der Waals surface area (Å²) in [6.45, 7) is 3.52. The van der Waals surface area contributed by atoms with E-state index >= 15 is 0 Å². The van der Waals surface area contributed by atoms with Crippen molar-refractivity contribution in [2.45, 2.75) is 32.0 Å². The Bertz CT molecular complexity index is 1320. The largest absolute Gasteiger partial charge is 0.375 e. The lowest BCUT2D eigenvalue weighted by atomic mass is 9.88. The zero-order valence-electron chi connectivity index (χ0n) is 17.2. The first-order chi connectivity index (χ1) is 15.3. The highest BCUT2D eigenvalue weighted by Crippen LogP contribution is 2.46. The van der Waals surface area contributed by atoms with Gasteiger partial charge >= 0.3 is 6.03 Å². The number of hydrogen-bond donors (Lipinski definition) is 2. The van der Waals surface area contributed by atoms with Crippen molar-refractivity contribution in [3.8, 4) is 0 Å². The van der Waals surface area contributed by atoms with Crippen molar-refractivity contribution in [2.75, 3.05) is 11.9 Å². The number of halogens is 2. The van der Waals surface area contributed by atoms with Crippen LogP contribution in [0.1, 0.15) is 37.2 Å². The molecule has 164 valence electrons. The van der Waals surface area contributed by atoms with Crippen LogP contribution in [0, 0.1) is 11.6 Å². The van der Waals surface area contributed by atoms with Crippen molar-refractivity contribution < 1.29 is 18.4 Å². The first kappa shape index (κ1) is 20.1. The van der Waals surface area contributed by atoms with E-state index in [1.54, 1.807) is 13.8 Å². The van der Waals surface area contributed by atoms with Gasteiger partial charge in [0, 0.05) is 17.1 Å². The van der Waals surface area contributed by atoms with Crippen molar-refractivity contribution in [3.05, 3.63) is 69.6 Å². The number of aromatic amines is 1. The monoisotopic (exact) mass is 439 g/mol. The average molecular weight is 439 g/mol. The minimum Gasteiger partial charge on any atom is -0.375 e. The van der Waals surface area contributed by atoms with Gasteiger partial charge < -0.3 is 10.2 Å². The molecule has 0 radical (unpaired) electrons. The summed E-state index contributed by atoms with van der Waals surface area (Å²) in [4.78, 5) is 41.1. The molecule has 3 aromatic rings. The molecule has 1 aromatic heterocycles. The number of hydrogen-bond acceptors (Lipinski definition) is 5. The first-order valence-electron chi connectivity index (χ1n) is 10.1. The van der Waals surface area contributed by atoms with Crippen molar-refractivity contribution in [2.24, 2.45) is 0 Å². The number of carbonyl (C=O) groups excluding carboxylic acids is 2. The molecule has 2 aliphatic heterocycles. The number of amides is 3. The van der Waals surface area contributed by atoms with Crippen LogP contribution in [0.25, 0.3) is 10.8 Å². The third kappa shape index (κ3) is 2.94. The van der Waals surface area contributed by atoms with Gasteiger partial charge in [0.1, 0.15) is 24.2 Å². The summed E-state index contributed by atoms with van der Waals surface area (Å²) in [5, 5.41) is 10.1. The highest BCUT2D eigenvalue weighted by molar-refractivity contribution is 6.04. The summed E-state index contributed by atoms with van der Waals surface area (Å²) in [5.41, 5.74) is 0.540. The number of H-pyrrole nitrogens is 1. The van der Waals surface area contributed by atoms with Crippen molar-refractivity contribution in [3.63, 3.8) is 0 Å². The number of rotatable bonds is 3. The molecule has 0 saturated carbocycles. The molecule has 3 amide bonds. The van der Waals surface area contributed by atoms with E-state index in [4.69, 9.17) is 0 Å². The average Bonchev–Trinajstić information content (AvgIpc) is 3.04. The number of nitrogens with zero attached hydrogens (tertiary/aromatic N) is 3. The zero-order chi connectivity index (χ0) is 22.7. The molecule has 10 heteroatoms. The van der Waals surface area contributed by atoms with Crippen LogP contribution >= 0.6 is 0 Å². The van der Waals surface area contributed by atoms with Gasteiger partial charge in [-0.1, -0.05) is 12.1 Å². The predicted molar refractivity (Wildman–Crippen MR) is 112 cm³/mol. The third-order valence-electron chi connectivity index (χ3n) is 5.95. The maximum Gasteiger partial charge on any atom is 0.328 e. The maximum atomic E-state index is 14.3. The van der Waals surface area contributed by atoms with Crippen molar-refractivity contribution in [1.82, 2.24) is 20.0 Å². The van der Waals surface area contributed by atoms with Gasteiger partial charge in [-0.2, -0.15) is 5.10 Å². The molecule has 0 aliphatic carbocycles. The molecule has 2 atom stereocenters. The minimum absolute atomic E-state index is 0.0554. The summed E-state index contributed by atoms with van der Waals surface area (Å²) in [5.74, 6) is -1.50. The molecule has 1 saturated heterocycles. The van der Waals surface area contributed by atoms with E-state index in [9.17, 15) is 23.2 Å². The fraction of sp³-hybridized carbons (Fsp3) is 0.273. The van der Waals surface area contributed by atoms with Crippen molar-refractivity contribution >= 4 is 28.4 Å². The van der Waals surface area contributed by atoms with Crippen LogP contribution in [0.15, 0.2) is 41.2 Å². The zero-order valence-corrected chi connectivity index (χ0v) is 17.2. The fourth-order valence-corrected chi connectivity index (χ4v) is 4.44. The lowest BCUT2D eigenvalue weighted by Crippen LogP contribution is -2.44. The predicted octanol–water partition coefficient (Wildman–Crippen LogP) is 3.08. The Labute approximate surface area is 180 Å². The Balaban J connectivity index is 1.76. The standard InChI is InChI=1S/C22H19F2N5O3/c1-10(2)28-9-16(30)29(22(28)32)20-18(11-3-5-12(23)6-4-11)25-15-8-13(24)7-14-17(15)19(20)26-27-21(14)31/h3-8,10,18,20,25H,9H2,1-2H3,(H,27,31). The van der Waals surface area contributed by atoms with Crippen LogP contribution in [0.5, 0.6) is 0 Å². The topological polar surface area (TPSA) is 98.4 Å². The number of aromatic nitrogens is 2. The molecule has 2 aromatic carbocycles. The Hall–Kier alpha value is -3.82. The van der Waals surface area contributed by atoms with Crippen LogP contribution in [-0.2, 0) is 4.79 Å². The molecular weight excluding hydrogens is 420 g/mol. The third-order valence-corrected chi connectivity index (χ3v) is 5.95. The molecule has 0 bridgehead atoms. The van der Waals surface area contributed by atoms with E-state index in [2.05, 4.69) is 15.5 Å². The highest BCUT2D eigenvalue weighted by atomic mass is 19.1. The van der Waals surface area contributed by atoms with E-state index in [0.29, 0.717) is 16.6 Å². The van der Waals surface area contributed by atoms with Gasteiger partial charge in [-0.05, 0) is 43.7 Å². The number of imide groups is 1. The second-order valence-electron chi connectivity index (χ2n) is 8.20. The molecule has 32 heavy (non-hydrogen) atoms. The van der Waals surface area contributed by atoms with Crippen LogP contribution in [0.3, 0.4) is 0 Å². The molecular formula is C22H19F2N5O3. The van der Waals surface area contributed by atoms with Crippen LogP contribution < -0.4 is 10.9 Å². The van der Waals surface area contributed by atoms with Gasteiger partial charge in [-0.25, -0.2) is 18.7 Å². The highest BCUT2D eigenvalue weighted by Gasteiger charge is 2.48. The number of anilines is 1. The van der Waals surface area contributed by atoms with Gasteiger partial charge in [-0.3, -0.25) is 14.5 Å². The molecule has 0 spiro atoms. The van der Waals surface area contributed by atoms with Crippen LogP contribution in [0.4, 0.5) is 19.3 Å². The summed E-state index contributed by atoms with van der Waals surface area (Å²) in [6, 6.07) is 5.52. The summed E-state index contributed by atoms with van der Waals surface area (Å²) >= 11 is 0. The summed E-state index contributed by atoms with van der Waals surface area (Å²) < 4.78 is 27.9. The summed E-state index contributed by atoms with van der Waals surface area (Å²) in [7, 11) is 0. The molecule has 1 fully saturated rings. The van der Waals surface area contributed by atoms with E-state index in [1.165, 1.54) is 35.2 Å². The lowest BCUT2D eigenvalue weighted by Gasteiger charge is -2.38. The molecule has 2 N–H and O–H groups in total. The second-order valence-corrected chi connectivity index (χ2v) is 8.20. The number of carbonyl (C=O) groups is 2. The molecule has 5 rings (SSSR count). The van der Waals surface area contributed by atoms with Gasteiger partial charge in [0.25, 0.3) is 11.5 Å². The normalized spacial score (nSPS) is 20.4. The SMILES string of the molecule is CC(C)N1CC(=O)N(C2c3n[nH]c(=O)c4cc(F)cc(c34)NC2c2ccc(F)cc2)C1=O. The molecule has 2 aliphatic rings. The summed E-state index contributed by atoms with van der Waals surface area (Å²) in [6.07, 6.45) is 0. The Morgan fingerprint density at radius 1 is 1.06 bits per heavy atom. The first-order valence-corrected chi connectivity index (χ1v) is 10.1. The number of nitrogens with one attached hydrogen (secondary N) is 2. The Kier molecular flexibility index (Phi) is 4.47. The Morgan fingerprint density at radius 3 is 2.44 bits per heavy atom. The molecule has 8 nitrogen and oxygen atoms in total. The van der Waals surface area contributed by atoms with Gasteiger partial charge in [0.15, 0.2) is 0 Å². The Morgan fingerprint density at radius 2 is 1.78 bits per heavy atom. The molecule has 3 heterocycles. The lowest BCUT2D eigenvalue weighted by molar-refractivity contribution is -0.127. The smallest absolute Gasteiger partial charge is 0.328 e. The second kappa shape index (κ2) is 7.11.